The third-order valence-electron chi connectivity index (χ3n) is 3.52. The van der Waals surface area contributed by atoms with E-state index in [0.717, 1.165) is 19.4 Å². The topological polar surface area (TPSA) is 40.5 Å². The molecule has 1 aliphatic rings. The van der Waals surface area contributed by atoms with Crippen molar-refractivity contribution in [3.63, 3.8) is 0 Å². The maximum Gasteiger partial charge on any atom is 0.320 e. The van der Waals surface area contributed by atoms with Crippen LogP contribution in [0.3, 0.4) is 0 Å². The maximum absolute atomic E-state index is 11.2. The molecule has 3 heteroatoms. The van der Waals surface area contributed by atoms with E-state index < -0.39 is 12.0 Å². The minimum absolute atomic E-state index is 0.404. The molecule has 1 unspecified atom stereocenters. The first-order valence-corrected chi connectivity index (χ1v) is 6.53. The summed E-state index contributed by atoms with van der Waals surface area (Å²) in [5.74, 6) is -0.730. The third-order valence-corrected chi connectivity index (χ3v) is 3.52. The second-order valence-electron chi connectivity index (χ2n) is 5.41. The van der Waals surface area contributed by atoms with Gasteiger partial charge in [-0.2, -0.15) is 0 Å². The molecule has 1 atom stereocenters. The van der Waals surface area contributed by atoms with Gasteiger partial charge in [-0.15, -0.1) is 0 Å². The minimum atomic E-state index is -0.730. The van der Waals surface area contributed by atoms with Gasteiger partial charge >= 0.3 is 5.97 Å². The van der Waals surface area contributed by atoms with Crippen LogP contribution in [0.25, 0.3) is 0 Å². The predicted molar refractivity (Wildman–Crippen MR) is 71.6 cm³/mol. The summed E-state index contributed by atoms with van der Waals surface area (Å²) in [7, 11) is 0. The standard InChI is InChI=1S/C15H21NO2/c1-10-6-11(2)8-13(7-10)9-16(14-4-5-14)12(3)15(17)18/h6-8,12,14H,4-5,9H2,1-3H3,(H,17,18). The number of carboxylic acids is 1. The molecule has 0 heterocycles. The van der Waals surface area contributed by atoms with Crippen molar-refractivity contribution in [2.75, 3.05) is 0 Å². The summed E-state index contributed by atoms with van der Waals surface area (Å²) in [4.78, 5) is 13.3. The molecule has 1 aromatic carbocycles. The maximum atomic E-state index is 11.2. The summed E-state index contributed by atoms with van der Waals surface area (Å²) < 4.78 is 0. The lowest BCUT2D eigenvalue weighted by atomic mass is 10.1. The zero-order chi connectivity index (χ0) is 13.3. The number of rotatable bonds is 5. The highest BCUT2D eigenvalue weighted by Gasteiger charge is 2.34. The van der Waals surface area contributed by atoms with Crippen molar-refractivity contribution in [2.24, 2.45) is 0 Å². The van der Waals surface area contributed by atoms with Crippen LogP contribution in [0.5, 0.6) is 0 Å². The van der Waals surface area contributed by atoms with Gasteiger partial charge in [0.2, 0.25) is 0 Å². The second kappa shape index (κ2) is 5.11. The highest BCUT2D eigenvalue weighted by atomic mass is 16.4. The van der Waals surface area contributed by atoms with E-state index in [2.05, 4.69) is 36.9 Å². The normalized spacial score (nSPS) is 16.9. The molecule has 18 heavy (non-hydrogen) atoms. The zero-order valence-corrected chi connectivity index (χ0v) is 11.3. The summed E-state index contributed by atoms with van der Waals surface area (Å²) in [6.45, 7) is 6.68. The van der Waals surface area contributed by atoms with Crippen LogP contribution in [0, 0.1) is 13.8 Å². The molecule has 0 aliphatic heterocycles. The van der Waals surface area contributed by atoms with Crippen LogP contribution in [0.1, 0.15) is 36.5 Å². The van der Waals surface area contributed by atoms with E-state index in [9.17, 15) is 9.90 Å². The van der Waals surface area contributed by atoms with E-state index in [4.69, 9.17) is 0 Å². The lowest BCUT2D eigenvalue weighted by molar-refractivity contribution is -0.143. The summed E-state index contributed by atoms with van der Waals surface area (Å²) in [6, 6.07) is 6.50. The first-order valence-electron chi connectivity index (χ1n) is 6.53. The SMILES string of the molecule is Cc1cc(C)cc(CN(C2CC2)C(C)C(=O)O)c1. The lowest BCUT2D eigenvalue weighted by Gasteiger charge is -2.26. The van der Waals surface area contributed by atoms with Crippen molar-refractivity contribution in [3.05, 3.63) is 34.9 Å². The summed E-state index contributed by atoms with van der Waals surface area (Å²) in [6.07, 6.45) is 2.25. The number of nitrogens with zero attached hydrogens (tertiary/aromatic N) is 1. The van der Waals surface area contributed by atoms with Gasteiger partial charge in [0.15, 0.2) is 0 Å². The van der Waals surface area contributed by atoms with E-state index >= 15 is 0 Å². The van der Waals surface area contributed by atoms with Gasteiger partial charge in [0, 0.05) is 12.6 Å². The molecular formula is C15H21NO2. The van der Waals surface area contributed by atoms with E-state index in [-0.39, 0.29) is 0 Å². The van der Waals surface area contributed by atoms with Crippen molar-refractivity contribution >= 4 is 5.97 Å². The van der Waals surface area contributed by atoms with Crippen LogP contribution in [0.4, 0.5) is 0 Å². The molecule has 0 saturated heterocycles. The van der Waals surface area contributed by atoms with E-state index in [0.29, 0.717) is 6.04 Å². The Bertz CT molecular complexity index is 432. The van der Waals surface area contributed by atoms with Gasteiger partial charge in [0.1, 0.15) is 6.04 Å². The molecule has 98 valence electrons. The van der Waals surface area contributed by atoms with Crippen LogP contribution in [-0.4, -0.2) is 28.1 Å². The molecule has 1 N–H and O–H groups in total. The van der Waals surface area contributed by atoms with Crippen molar-refractivity contribution in [1.82, 2.24) is 4.90 Å². The van der Waals surface area contributed by atoms with Gasteiger partial charge in [-0.1, -0.05) is 29.3 Å². The Labute approximate surface area is 108 Å². The van der Waals surface area contributed by atoms with E-state index in [1.807, 2.05) is 0 Å². The smallest absolute Gasteiger partial charge is 0.320 e. The fourth-order valence-electron chi connectivity index (χ4n) is 2.50. The summed E-state index contributed by atoms with van der Waals surface area (Å²) in [5, 5.41) is 9.17. The molecule has 0 amide bonds. The number of hydrogen-bond acceptors (Lipinski definition) is 2. The third kappa shape index (κ3) is 3.10. The average Bonchev–Trinajstić information content (AvgIpc) is 3.07. The second-order valence-corrected chi connectivity index (χ2v) is 5.41. The molecule has 0 bridgehead atoms. The Morgan fingerprint density at radius 3 is 2.33 bits per heavy atom. The lowest BCUT2D eigenvalue weighted by Crippen LogP contribution is -2.40. The van der Waals surface area contributed by atoms with E-state index in [1.54, 1.807) is 6.92 Å². The zero-order valence-electron chi connectivity index (χ0n) is 11.3. The molecule has 1 fully saturated rings. The van der Waals surface area contributed by atoms with Crippen molar-refractivity contribution in [2.45, 2.75) is 52.2 Å². The molecule has 0 aromatic heterocycles. The molecule has 0 radical (unpaired) electrons. The van der Waals surface area contributed by atoms with E-state index in [1.165, 1.54) is 16.7 Å². The van der Waals surface area contributed by atoms with Gasteiger partial charge in [0.25, 0.3) is 0 Å². The first-order chi connectivity index (χ1) is 8.47. The van der Waals surface area contributed by atoms with Gasteiger partial charge < -0.3 is 5.11 Å². The van der Waals surface area contributed by atoms with Crippen LogP contribution in [-0.2, 0) is 11.3 Å². The Hall–Kier alpha value is -1.35. The largest absolute Gasteiger partial charge is 0.480 e. The Morgan fingerprint density at radius 1 is 1.33 bits per heavy atom. The molecule has 1 aliphatic carbocycles. The molecule has 1 saturated carbocycles. The van der Waals surface area contributed by atoms with Crippen molar-refractivity contribution in [1.29, 1.82) is 0 Å². The van der Waals surface area contributed by atoms with Crippen molar-refractivity contribution < 1.29 is 9.90 Å². The fraction of sp³-hybridized carbons (Fsp3) is 0.533. The van der Waals surface area contributed by atoms with Crippen LogP contribution < -0.4 is 0 Å². The number of benzene rings is 1. The molecule has 3 nitrogen and oxygen atoms in total. The van der Waals surface area contributed by atoms with Crippen molar-refractivity contribution in [3.8, 4) is 0 Å². The number of hydrogen-bond donors (Lipinski definition) is 1. The van der Waals surface area contributed by atoms with Gasteiger partial charge in [-0.05, 0) is 39.2 Å². The quantitative estimate of drug-likeness (QED) is 0.869. The van der Waals surface area contributed by atoms with Gasteiger partial charge in [0.05, 0.1) is 0 Å². The molecular weight excluding hydrogens is 226 g/mol. The fourth-order valence-corrected chi connectivity index (χ4v) is 2.50. The monoisotopic (exact) mass is 247 g/mol. The average molecular weight is 247 g/mol. The summed E-state index contributed by atoms with van der Waals surface area (Å²) >= 11 is 0. The predicted octanol–water partition coefficient (Wildman–Crippen LogP) is 2.74. The highest BCUT2D eigenvalue weighted by molar-refractivity contribution is 5.73. The Balaban J connectivity index is 2.15. The van der Waals surface area contributed by atoms with Gasteiger partial charge in [-0.25, -0.2) is 0 Å². The molecule has 1 aromatic rings. The minimum Gasteiger partial charge on any atom is -0.480 e. The molecule has 0 spiro atoms. The number of aliphatic carboxylic acids is 1. The Kier molecular flexibility index (Phi) is 3.71. The number of carboxylic acid groups (broad SMARTS) is 1. The van der Waals surface area contributed by atoms with Gasteiger partial charge in [-0.3, -0.25) is 9.69 Å². The Morgan fingerprint density at radius 2 is 1.89 bits per heavy atom. The number of aryl methyl sites for hydroxylation is 2. The van der Waals surface area contributed by atoms with Crippen LogP contribution in [0.15, 0.2) is 18.2 Å². The highest BCUT2D eigenvalue weighted by Crippen LogP contribution is 2.30. The number of carbonyl (C=O) groups is 1. The van der Waals surface area contributed by atoms with Crippen LogP contribution in [0.2, 0.25) is 0 Å². The van der Waals surface area contributed by atoms with Crippen LogP contribution >= 0.6 is 0 Å². The molecule has 2 rings (SSSR count). The first kappa shape index (κ1) is 13.1. The summed E-state index contributed by atoms with van der Waals surface area (Å²) in [5.41, 5.74) is 3.69.